The van der Waals surface area contributed by atoms with Gasteiger partial charge in [0.1, 0.15) is 0 Å². The van der Waals surface area contributed by atoms with E-state index in [1.807, 2.05) is 85.8 Å². The third-order valence-electron chi connectivity index (χ3n) is 9.82. The number of benzene rings is 3. The summed E-state index contributed by atoms with van der Waals surface area (Å²) < 4.78 is 22.9. The lowest BCUT2D eigenvalue weighted by atomic mass is 9.82. The lowest BCUT2D eigenvalue weighted by Crippen LogP contribution is -2.45. The average molecular weight is 630 g/mol. The maximum Gasteiger partial charge on any atom is 0.264 e. The van der Waals surface area contributed by atoms with Crippen molar-refractivity contribution in [3.63, 3.8) is 0 Å². The smallest absolute Gasteiger partial charge is 0.264 e. The fourth-order valence-electron chi connectivity index (χ4n) is 7.85. The number of anilines is 3. The van der Waals surface area contributed by atoms with E-state index in [4.69, 9.17) is 4.74 Å². The molecule has 0 unspecified atom stereocenters. The van der Waals surface area contributed by atoms with Crippen molar-refractivity contribution < 1.29 is 28.3 Å². The summed E-state index contributed by atoms with van der Waals surface area (Å²) in [7, 11) is -3.43. The second-order valence-electron chi connectivity index (χ2n) is 12.9. The molecule has 0 aliphatic carbocycles. The van der Waals surface area contributed by atoms with E-state index in [-0.39, 0.29) is 37.4 Å². The normalized spacial score (nSPS) is 26.0. The van der Waals surface area contributed by atoms with Gasteiger partial charge in [-0.15, -0.1) is 0 Å². The number of likely N-dealkylation sites (tertiary alicyclic amines) is 1. The molecule has 10 heteroatoms. The van der Waals surface area contributed by atoms with Gasteiger partial charge in [0.05, 0.1) is 37.4 Å². The summed E-state index contributed by atoms with van der Waals surface area (Å²) in [4.78, 5) is 45.2. The maximum atomic E-state index is 16.2. The van der Waals surface area contributed by atoms with Crippen molar-refractivity contribution in [1.82, 2.24) is 4.90 Å². The number of carbonyl (C=O) groups is 3. The molecule has 5 atom stereocenters. The number of hydrogen-bond acceptors (Lipinski definition) is 5. The third-order valence-corrected chi connectivity index (χ3v) is 12.3. The van der Waals surface area contributed by atoms with Crippen molar-refractivity contribution in [2.75, 3.05) is 23.0 Å². The van der Waals surface area contributed by atoms with E-state index in [2.05, 4.69) is 0 Å². The summed E-state index contributed by atoms with van der Waals surface area (Å²) in [6.07, 6.45) is 1.51. The van der Waals surface area contributed by atoms with Gasteiger partial charge in [-0.25, -0.2) is 0 Å². The number of ether oxygens (including phenoxy) is 1. The molecule has 3 aromatic carbocycles. The number of aliphatic hydroxyl groups is 1. The third kappa shape index (κ3) is 5.38. The van der Waals surface area contributed by atoms with Gasteiger partial charge in [0, 0.05) is 34.9 Å². The summed E-state index contributed by atoms with van der Waals surface area (Å²) in [5, 5.41) is 9.80. The summed E-state index contributed by atoms with van der Waals surface area (Å²) in [5.41, 5.74) is 1.56. The Balaban J connectivity index is 1.33. The van der Waals surface area contributed by atoms with Crippen LogP contribution in [-0.4, -0.2) is 61.9 Å². The van der Waals surface area contributed by atoms with Gasteiger partial charge in [-0.2, -0.15) is 0 Å². The van der Waals surface area contributed by atoms with E-state index in [1.165, 1.54) is 0 Å². The fraction of sp³-hybridized carbons (Fsp3) is 0.400. The molecule has 3 aliphatic heterocycles. The van der Waals surface area contributed by atoms with E-state index >= 15 is 4.11 Å². The van der Waals surface area contributed by atoms with Crippen molar-refractivity contribution in [3.8, 4) is 0 Å². The molecule has 3 heterocycles. The average Bonchev–Trinajstić information content (AvgIpc) is 3.69. The van der Waals surface area contributed by atoms with Gasteiger partial charge in [-0.05, 0) is 61.8 Å². The van der Waals surface area contributed by atoms with Crippen LogP contribution in [0.1, 0.15) is 37.3 Å². The minimum atomic E-state index is -3.43. The summed E-state index contributed by atoms with van der Waals surface area (Å²) >= 11 is 0. The van der Waals surface area contributed by atoms with Crippen LogP contribution in [-0.2, 0) is 31.3 Å². The number of rotatable bonds is 9. The quantitative estimate of drug-likeness (QED) is 0.187. The van der Waals surface area contributed by atoms with Crippen molar-refractivity contribution in [3.05, 3.63) is 90.0 Å². The van der Waals surface area contributed by atoms with E-state index in [0.29, 0.717) is 23.5 Å². The minimum Gasteiger partial charge on any atom is -0.394 e. The molecule has 3 aliphatic rings. The van der Waals surface area contributed by atoms with Crippen LogP contribution in [0.4, 0.5) is 21.2 Å². The second-order valence-corrected chi connectivity index (χ2v) is 16.7. The molecular formula is C35H40FN3O5Si. The number of fused-ring (bicyclic) bond motifs is 2. The van der Waals surface area contributed by atoms with Gasteiger partial charge in [-0.1, -0.05) is 55.5 Å². The second kappa shape index (κ2) is 12.1. The molecule has 0 saturated carbocycles. The van der Waals surface area contributed by atoms with Crippen molar-refractivity contribution in [1.29, 1.82) is 0 Å². The largest absolute Gasteiger partial charge is 0.394 e. The SMILES string of the molecule is C[C@@H]1[C@@H]([Si](C)(C)F)[C@H](CC(=O)N2CCC[C@H]2CO)O[C@@]12C(=O)N(Cc1cccc(N(C=O)c3ccccc3)c1)c1ccccc12. The molecule has 0 aromatic heterocycles. The first-order chi connectivity index (χ1) is 21.6. The maximum absolute atomic E-state index is 16.2. The van der Waals surface area contributed by atoms with Crippen molar-refractivity contribution >= 4 is 43.7 Å². The molecule has 236 valence electrons. The van der Waals surface area contributed by atoms with Gasteiger partial charge in [0.25, 0.3) is 5.91 Å². The van der Waals surface area contributed by atoms with Gasteiger partial charge in [0.15, 0.2) is 5.60 Å². The van der Waals surface area contributed by atoms with Crippen LogP contribution >= 0.6 is 0 Å². The Kier molecular flexibility index (Phi) is 8.40. The number of amides is 3. The molecule has 3 amide bonds. The molecule has 0 bridgehead atoms. The van der Waals surface area contributed by atoms with Crippen molar-refractivity contribution in [2.24, 2.45) is 5.92 Å². The van der Waals surface area contributed by atoms with Crippen LogP contribution < -0.4 is 9.80 Å². The first kappa shape index (κ1) is 31.1. The van der Waals surface area contributed by atoms with E-state index in [9.17, 15) is 19.5 Å². The first-order valence-electron chi connectivity index (χ1n) is 15.7. The molecule has 1 spiro atoms. The zero-order chi connectivity index (χ0) is 31.9. The van der Waals surface area contributed by atoms with Crippen LogP contribution in [0.2, 0.25) is 18.6 Å². The van der Waals surface area contributed by atoms with Gasteiger partial charge >= 0.3 is 0 Å². The van der Waals surface area contributed by atoms with Crippen LogP contribution in [0.5, 0.6) is 0 Å². The summed E-state index contributed by atoms with van der Waals surface area (Å²) in [6, 6.07) is 24.1. The topological polar surface area (TPSA) is 90.4 Å². The Morgan fingerprint density at radius 2 is 1.80 bits per heavy atom. The van der Waals surface area contributed by atoms with Crippen molar-refractivity contribution in [2.45, 2.75) is 69.1 Å². The highest BCUT2D eigenvalue weighted by Gasteiger charge is 2.67. The molecular weight excluding hydrogens is 589 g/mol. The predicted octanol–water partition coefficient (Wildman–Crippen LogP) is 5.68. The molecule has 45 heavy (non-hydrogen) atoms. The highest BCUT2D eigenvalue weighted by Crippen LogP contribution is 2.60. The highest BCUT2D eigenvalue weighted by atomic mass is 28.4. The Labute approximate surface area is 264 Å². The van der Waals surface area contributed by atoms with Crippen LogP contribution in [0.15, 0.2) is 78.9 Å². The molecule has 8 nitrogen and oxygen atoms in total. The lowest BCUT2D eigenvalue weighted by molar-refractivity contribution is -0.150. The Morgan fingerprint density at radius 3 is 2.51 bits per heavy atom. The number of hydrogen-bond donors (Lipinski definition) is 1. The van der Waals surface area contributed by atoms with E-state index in [1.54, 1.807) is 27.8 Å². The monoisotopic (exact) mass is 629 g/mol. The molecule has 0 radical (unpaired) electrons. The first-order valence-corrected chi connectivity index (χ1v) is 18.6. The predicted molar refractivity (Wildman–Crippen MR) is 173 cm³/mol. The Hall–Kier alpha value is -3.86. The molecule has 6 rings (SSSR count). The fourth-order valence-corrected chi connectivity index (χ4v) is 10.3. The number of halogens is 1. The molecule has 1 N–H and O–H groups in total. The zero-order valence-electron chi connectivity index (χ0n) is 25.9. The number of aliphatic hydroxyl groups excluding tert-OH is 1. The number of para-hydroxylation sites is 2. The van der Waals surface area contributed by atoms with Gasteiger partial charge < -0.3 is 23.8 Å². The molecule has 2 fully saturated rings. The number of carbonyl (C=O) groups excluding carboxylic acids is 3. The molecule has 3 aromatic rings. The van der Waals surface area contributed by atoms with Gasteiger partial charge in [-0.3, -0.25) is 19.3 Å². The van der Waals surface area contributed by atoms with Gasteiger partial charge in [0.2, 0.25) is 20.7 Å². The Morgan fingerprint density at radius 1 is 1.09 bits per heavy atom. The van der Waals surface area contributed by atoms with E-state index in [0.717, 1.165) is 30.5 Å². The standard InChI is InChI=1S/C35H40FN3O5Si/c1-24-33(45(2,3)36)31(20-32(42)37-18-10-15-28(37)22-40)44-35(24)29-16-7-8-17-30(29)38(34(35)43)21-25-11-9-14-27(19-25)39(23-41)26-12-5-4-6-13-26/h4-9,11-14,16-17,19,23-24,28,31,33,40H,10,15,18,20-22H2,1-3H3/t24-,28+,31+,33-,35+/m1/s1. The summed E-state index contributed by atoms with van der Waals surface area (Å²) in [6.45, 7) is 5.80. The zero-order valence-corrected chi connectivity index (χ0v) is 26.9. The van der Waals surface area contributed by atoms with Crippen LogP contribution in [0.25, 0.3) is 0 Å². The Bertz CT molecular complexity index is 1580. The molecule has 2 saturated heterocycles. The lowest BCUT2D eigenvalue weighted by Gasteiger charge is -2.31. The van der Waals surface area contributed by atoms with Crippen LogP contribution in [0.3, 0.4) is 0 Å². The van der Waals surface area contributed by atoms with Crippen LogP contribution in [0, 0.1) is 5.92 Å². The highest BCUT2D eigenvalue weighted by molar-refractivity contribution is 6.72. The van der Waals surface area contributed by atoms with E-state index < -0.39 is 31.6 Å². The summed E-state index contributed by atoms with van der Waals surface area (Å²) in [5.74, 6) is -0.957. The minimum absolute atomic E-state index is 0.0356. The number of nitrogens with zero attached hydrogens (tertiary/aromatic N) is 3.